The average molecular weight is 880 g/mol. The molecule has 1 spiro atoms. The third kappa shape index (κ3) is 5.50. The van der Waals surface area contributed by atoms with Gasteiger partial charge in [-0.25, -0.2) is 15.0 Å². The minimum atomic E-state index is -0.598. The fourth-order valence-corrected chi connectivity index (χ4v) is 11.6. The van der Waals surface area contributed by atoms with Crippen LogP contribution in [0.2, 0.25) is 0 Å². The Morgan fingerprint density at radius 2 is 0.812 bits per heavy atom. The van der Waals surface area contributed by atoms with E-state index in [9.17, 15) is 0 Å². The van der Waals surface area contributed by atoms with Crippen molar-refractivity contribution in [2.24, 2.45) is 0 Å². The average Bonchev–Trinajstić information content (AvgIpc) is 4.15. The van der Waals surface area contributed by atoms with E-state index in [0.29, 0.717) is 17.5 Å². The number of benzene rings is 10. The molecule has 10 aromatic carbocycles. The van der Waals surface area contributed by atoms with Crippen LogP contribution in [-0.2, 0) is 5.41 Å². The Morgan fingerprint density at radius 1 is 0.275 bits per heavy atom. The Kier molecular flexibility index (Phi) is 7.93. The van der Waals surface area contributed by atoms with Crippen molar-refractivity contribution in [3.05, 3.63) is 247 Å². The molecule has 0 radical (unpaired) electrons. The van der Waals surface area contributed by atoms with Gasteiger partial charge in [-0.1, -0.05) is 176 Å². The summed E-state index contributed by atoms with van der Waals surface area (Å²) in [6.45, 7) is 0. The molecule has 3 heterocycles. The van der Waals surface area contributed by atoms with E-state index in [1.807, 2.05) is 42.5 Å². The number of nitrogens with zero attached hydrogens (tertiary/aromatic N) is 3. The first-order chi connectivity index (χ1) is 34.2. The normalized spacial score (nSPS) is 13.0. The molecule has 0 amide bonds. The number of rotatable bonds is 5. The number of fused-ring (bicyclic) bond motifs is 17. The molecule has 0 bridgehead atoms. The highest BCUT2D eigenvalue weighted by Crippen LogP contribution is 2.65. The maximum absolute atomic E-state index is 6.97. The lowest BCUT2D eigenvalue weighted by atomic mass is 9.69. The molecule has 2 aliphatic rings. The Morgan fingerprint density at radius 3 is 1.52 bits per heavy atom. The Labute approximate surface area is 396 Å². The summed E-state index contributed by atoms with van der Waals surface area (Å²) in [4.78, 5) is 15.3. The van der Waals surface area contributed by atoms with Crippen molar-refractivity contribution in [3.8, 4) is 78.7 Å². The van der Waals surface area contributed by atoms with Gasteiger partial charge in [0.15, 0.2) is 17.5 Å². The highest BCUT2D eigenvalue weighted by atomic mass is 16.3. The summed E-state index contributed by atoms with van der Waals surface area (Å²) in [7, 11) is 0. The predicted molar refractivity (Wildman–Crippen MR) is 278 cm³/mol. The molecule has 5 nitrogen and oxygen atoms in total. The van der Waals surface area contributed by atoms with Crippen molar-refractivity contribution in [3.63, 3.8) is 0 Å². The lowest BCUT2D eigenvalue weighted by molar-refractivity contribution is 0.666. The van der Waals surface area contributed by atoms with Crippen LogP contribution in [0.1, 0.15) is 22.3 Å². The molecule has 5 heteroatoms. The summed E-state index contributed by atoms with van der Waals surface area (Å²) in [5.74, 6) is 1.84. The third-order valence-corrected chi connectivity index (χ3v) is 14.5. The highest BCUT2D eigenvalue weighted by molar-refractivity contribution is 6.16. The summed E-state index contributed by atoms with van der Waals surface area (Å²) >= 11 is 0. The molecule has 320 valence electrons. The zero-order valence-electron chi connectivity index (χ0n) is 37.0. The molecule has 0 N–H and O–H groups in total. The zero-order chi connectivity index (χ0) is 45.2. The summed E-state index contributed by atoms with van der Waals surface area (Å²) in [5.41, 5.74) is 19.9. The van der Waals surface area contributed by atoms with E-state index in [-0.39, 0.29) is 0 Å². The number of hydrogen-bond acceptors (Lipinski definition) is 5. The van der Waals surface area contributed by atoms with E-state index in [4.69, 9.17) is 23.8 Å². The minimum Gasteiger partial charge on any atom is -0.456 e. The van der Waals surface area contributed by atoms with Crippen molar-refractivity contribution >= 4 is 43.9 Å². The van der Waals surface area contributed by atoms with Crippen molar-refractivity contribution in [2.75, 3.05) is 0 Å². The first-order valence-corrected chi connectivity index (χ1v) is 23.4. The molecule has 0 unspecified atom stereocenters. The van der Waals surface area contributed by atoms with Gasteiger partial charge in [0.25, 0.3) is 0 Å². The molecule has 3 aromatic heterocycles. The van der Waals surface area contributed by atoms with Gasteiger partial charge < -0.3 is 8.83 Å². The van der Waals surface area contributed by atoms with E-state index >= 15 is 0 Å². The van der Waals surface area contributed by atoms with Crippen molar-refractivity contribution in [1.82, 2.24) is 15.0 Å². The van der Waals surface area contributed by atoms with Crippen molar-refractivity contribution < 1.29 is 8.83 Å². The second-order valence-electron chi connectivity index (χ2n) is 18.2. The lowest BCUT2D eigenvalue weighted by Gasteiger charge is -2.31. The van der Waals surface area contributed by atoms with Crippen LogP contribution in [0.3, 0.4) is 0 Å². The van der Waals surface area contributed by atoms with Gasteiger partial charge in [-0.05, 0) is 115 Å². The molecule has 13 aromatic rings. The molecule has 0 atom stereocenters. The molecule has 15 rings (SSSR count). The molecule has 69 heavy (non-hydrogen) atoms. The minimum absolute atomic E-state index is 0.598. The fourth-order valence-electron chi connectivity index (χ4n) is 11.6. The number of hydrogen-bond donors (Lipinski definition) is 0. The van der Waals surface area contributed by atoms with E-state index in [1.54, 1.807) is 0 Å². The second-order valence-corrected chi connectivity index (χ2v) is 18.2. The molecule has 2 aliphatic carbocycles. The standard InChI is InChI=1S/C64H37N3O2/c1-3-15-38(16-4-1)40-19-13-21-43(33-40)62-65-61(39-17-5-2-6-18-39)66-63(67-62)44-22-14-20-41(34-44)42-29-30-49-57(35-42)69-56-32-31-48-50-36-51-47-25-9-12-28-55(47)68-58(51)37-54(50)64(60(48)59(49)56)52-26-10-7-23-45(52)46-24-8-11-27-53(46)64/h1-37H. The summed E-state index contributed by atoms with van der Waals surface area (Å²) in [5, 5.41) is 4.46. The van der Waals surface area contributed by atoms with Crippen LogP contribution < -0.4 is 0 Å². The van der Waals surface area contributed by atoms with Gasteiger partial charge in [-0.3, -0.25) is 0 Å². The first kappa shape index (κ1) is 38.0. The van der Waals surface area contributed by atoms with E-state index in [1.165, 1.54) is 44.5 Å². The van der Waals surface area contributed by atoms with Crippen LogP contribution in [0.4, 0.5) is 0 Å². The zero-order valence-corrected chi connectivity index (χ0v) is 37.0. The smallest absolute Gasteiger partial charge is 0.164 e. The van der Waals surface area contributed by atoms with E-state index in [2.05, 4.69) is 182 Å². The summed E-state index contributed by atoms with van der Waals surface area (Å²) in [6.07, 6.45) is 0. The molecule has 0 aliphatic heterocycles. The number of furan rings is 2. The number of para-hydroxylation sites is 1. The Bertz CT molecular complexity index is 4220. The van der Waals surface area contributed by atoms with Gasteiger partial charge >= 0.3 is 0 Å². The van der Waals surface area contributed by atoms with Crippen LogP contribution >= 0.6 is 0 Å². The van der Waals surface area contributed by atoms with Gasteiger partial charge in [-0.2, -0.15) is 0 Å². The maximum Gasteiger partial charge on any atom is 0.164 e. The first-order valence-electron chi connectivity index (χ1n) is 23.4. The maximum atomic E-state index is 6.97. The lowest BCUT2D eigenvalue weighted by Crippen LogP contribution is -2.26. The van der Waals surface area contributed by atoms with Gasteiger partial charge in [0, 0.05) is 38.2 Å². The number of aromatic nitrogens is 3. The topological polar surface area (TPSA) is 65.0 Å². The van der Waals surface area contributed by atoms with E-state index < -0.39 is 5.41 Å². The van der Waals surface area contributed by atoms with Crippen LogP contribution in [0, 0.1) is 0 Å². The van der Waals surface area contributed by atoms with Gasteiger partial charge in [0.2, 0.25) is 0 Å². The van der Waals surface area contributed by atoms with Crippen LogP contribution in [0.15, 0.2) is 233 Å². The molecule has 0 saturated carbocycles. The molecule has 0 saturated heterocycles. The summed E-state index contributed by atoms with van der Waals surface area (Å²) < 4.78 is 13.6. The molecular formula is C64H37N3O2. The van der Waals surface area contributed by atoms with E-state index in [0.717, 1.165) is 82.8 Å². The SMILES string of the molecule is c1ccc(-c2cccc(-c3nc(-c4ccccc4)nc(-c4cccc(-c5ccc6c(c5)oc5ccc7c(c56)C5(c6ccccc6-c6ccccc65)c5cc6oc8ccccc8c6cc5-7)c4)n3)c2)cc1. The second kappa shape index (κ2) is 14.4. The quantitative estimate of drug-likeness (QED) is 0.172. The van der Waals surface area contributed by atoms with Crippen LogP contribution in [0.25, 0.3) is 123 Å². The van der Waals surface area contributed by atoms with Gasteiger partial charge in [0.05, 0.1) is 5.41 Å². The summed E-state index contributed by atoms with van der Waals surface area (Å²) in [6, 6.07) is 79.5. The van der Waals surface area contributed by atoms with Crippen molar-refractivity contribution in [1.29, 1.82) is 0 Å². The monoisotopic (exact) mass is 879 g/mol. The van der Waals surface area contributed by atoms with Crippen molar-refractivity contribution in [2.45, 2.75) is 5.41 Å². The molecule has 0 fully saturated rings. The Balaban J connectivity index is 0.899. The largest absolute Gasteiger partial charge is 0.456 e. The van der Waals surface area contributed by atoms with Crippen LogP contribution in [-0.4, -0.2) is 15.0 Å². The van der Waals surface area contributed by atoms with Gasteiger partial charge in [-0.15, -0.1) is 0 Å². The predicted octanol–water partition coefficient (Wildman–Crippen LogP) is 16.3. The van der Waals surface area contributed by atoms with Crippen LogP contribution in [0.5, 0.6) is 0 Å². The Hall–Kier alpha value is -9.19. The highest BCUT2D eigenvalue weighted by Gasteiger charge is 2.53. The fraction of sp³-hybridized carbons (Fsp3) is 0.0156. The molecular weight excluding hydrogens is 843 g/mol. The third-order valence-electron chi connectivity index (χ3n) is 14.5. The van der Waals surface area contributed by atoms with Gasteiger partial charge in [0.1, 0.15) is 22.3 Å².